The van der Waals surface area contributed by atoms with Crippen LogP contribution in [0, 0.1) is 41.5 Å². The summed E-state index contributed by atoms with van der Waals surface area (Å²) in [5.74, 6) is 0.678. The van der Waals surface area contributed by atoms with E-state index in [4.69, 9.17) is 4.74 Å². The van der Waals surface area contributed by atoms with Crippen molar-refractivity contribution < 1.29 is 17.9 Å². The van der Waals surface area contributed by atoms with Crippen LogP contribution in [0.3, 0.4) is 0 Å². The fraction of sp³-hybridized carbons (Fsp3) is 0.269. The molecule has 0 saturated carbocycles. The Morgan fingerprint density at radius 3 is 2.00 bits per heavy atom. The Kier molecular flexibility index (Phi) is 5.48. The number of nitrogens with zero attached hydrogens (tertiary/aromatic N) is 1. The molecule has 172 valence electrons. The standard InChI is InChI=1S/C26H28N2O4S/c1-14-8-10-24-22(12-14)28(7)26(29)21-13-20(9-11-23(21)32-24)27-33(30,31)25-18(5)16(3)15(2)17(4)19(25)6/h8-13,27H,1-7H3. The topological polar surface area (TPSA) is 75.7 Å². The molecule has 1 aliphatic heterocycles. The molecule has 0 spiro atoms. The number of sulfonamides is 1. The van der Waals surface area contributed by atoms with Crippen molar-refractivity contribution >= 4 is 27.3 Å². The molecule has 0 atom stereocenters. The van der Waals surface area contributed by atoms with Crippen LogP contribution in [0.5, 0.6) is 11.5 Å². The Labute approximate surface area is 195 Å². The average molecular weight is 465 g/mol. The zero-order valence-electron chi connectivity index (χ0n) is 20.0. The van der Waals surface area contributed by atoms with Gasteiger partial charge in [-0.1, -0.05) is 6.07 Å². The first-order valence-corrected chi connectivity index (χ1v) is 12.2. The summed E-state index contributed by atoms with van der Waals surface area (Å²) < 4.78 is 35.5. The number of aryl methyl sites for hydroxylation is 1. The number of hydrogen-bond donors (Lipinski definition) is 1. The highest BCUT2D eigenvalue weighted by Gasteiger charge is 2.28. The molecular formula is C26H28N2O4S. The molecule has 0 bridgehead atoms. The number of nitrogens with one attached hydrogen (secondary N) is 1. The molecule has 0 fully saturated rings. The van der Waals surface area contributed by atoms with Crippen molar-refractivity contribution in [3.8, 4) is 11.5 Å². The summed E-state index contributed by atoms with van der Waals surface area (Å²) in [6.45, 7) is 11.5. The molecule has 0 saturated heterocycles. The van der Waals surface area contributed by atoms with Gasteiger partial charge in [0.1, 0.15) is 5.75 Å². The molecule has 7 heteroatoms. The lowest BCUT2D eigenvalue weighted by Gasteiger charge is -2.20. The molecule has 33 heavy (non-hydrogen) atoms. The number of rotatable bonds is 3. The summed E-state index contributed by atoms with van der Waals surface area (Å²) in [6.07, 6.45) is 0. The first-order valence-electron chi connectivity index (χ1n) is 10.7. The predicted octanol–water partition coefficient (Wildman–Crippen LogP) is 5.72. The Morgan fingerprint density at radius 1 is 0.788 bits per heavy atom. The monoisotopic (exact) mass is 464 g/mol. The lowest BCUT2D eigenvalue weighted by atomic mass is 9.95. The lowest BCUT2D eigenvalue weighted by molar-refractivity contribution is 0.0993. The Hall–Kier alpha value is -3.32. The largest absolute Gasteiger partial charge is 0.454 e. The zero-order valence-corrected chi connectivity index (χ0v) is 20.8. The van der Waals surface area contributed by atoms with Gasteiger partial charge in [-0.05, 0) is 105 Å². The summed E-state index contributed by atoms with van der Waals surface area (Å²) in [6, 6.07) is 10.4. The van der Waals surface area contributed by atoms with Gasteiger partial charge in [0, 0.05) is 12.7 Å². The number of ether oxygens (including phenoxy) is 1. The van der Waals surface area contributed by atoms with Crippen molar-refractivity contribution in [3.05, 3.63) is 75.3 Å². The third-order valence-corrected chi connectivity index (χ3v) is 8.32. The molecule has 0 aromatic heterocycles. The average Bonchev–Trinajstić information content (AvgIpc) is 2.86. The number of benzene rings is 3. The third-order valence-electron chi connectivity index (χ3n) is 6.66. The minimum atomic E-state index is -3.88. The van der Waals surface area contributed by atoms with Gasteiger partial charge in [-0.25, -0.2) is 8.42 Å². The van der Waals surface area contributed by atoms with Crippen molar-refractivity contribution in [1.29, 1.82) is 0 Å². The van der Waals surface area contributed by atoms with Crippen LogP contribution in [0.15, 0.2) is 41.3 Å². The molecular weight excluding hydrogens is 436 g/mol. The maximum atomic E-state index is 13.4. The summed E-state index contributed by atoms with van der Waals surface area (Å²) in [5, 5.41) is 0. The van der Waals surface area contributed by atoms with Gasteiger partial charge in [-0.3, -0.25) is 9.52 Å². The molecule has 1 amide bonds. The van der Waals surface area contributed by atoms with E-state index in [9.17, 15) is 13.2 Å². The summed E-state index contributed by atoms with van der Waals surface area (Å²) >= 11 is 0. The van der Waals surface area contributed by atoms with E-state index in [1.807, 2.05) is 59.7 Å². The van der Waals surface area contributed by atoms with E-state index in [-0.39, 0.29) is 16.4 Å². The van der Waals surface area contributed by atoms with E-state index in [1.54, 1.807) is 19.2 Å². The van der Waals surface area contributed by atoms with Gasteiger partial charge < -0.3 is 9.64 Å². The summed E-state index contributed by atoms with van der Waals surface area (Å²) in [7, 11) is -2.20. The van der Waals surface area contributed by atoms with Crippen LogP contribution in [0.4, 0.5) is 11.4 Å². The van der Waals surface area contributed by atoms with Crippen molar-refractivity contribution in [1.82, 2.24) is 0 Å². The molecule has 3 aromatic rings. The Morgan fingerprint density at radius 2 is 1.36 bits per heavy atom. The van der Waals surface area contributed by atoms with Gasteiger partial charge in [0.2, 0.25) is 0 Å². The minimum Gasteiger partial charge on any atom is -0.454 e. The number of carbonyl (C=O) groups excluding carboxylic acids is 1. The summed E-state index contributed by atoms with van der Waals surface area (Å²) in [4.78, 5) is 15.0. The third kappa shape index (κ3) is 3.76. The molecule has 0 unspecified atom stereocenters. The zero-order chi connectivity index (χ0) is 24.2. The van der Waals surface area contributed by atoms with E-state index in [0.717, 1.165) is 33.4 Å². The molecule has 0 radical (unpaired) electrons. The second-order valence-electron chi connectivity index (χ2n) is 8.71. The molecule has 6 nitrogen and oxygen atoms in total. The SMILES string of the molecule is Cc1ccc2c(c1)N(C)C(=O)c1cc(NS(=O)(=O)c3c(C)c(C)c(C)c(C)c3C)ccc1O2. The Balaban J connectivity index is 1.76. The number of fused-ring (bicyclic) bond motifs is 2. The van der Waals surface area contributed by atoms with E-state index in [0.29, 0.717) is 22.9 Å². The molecule has 1 N–H and O–H groups in total. The van der Waals surface area contributed by atoms with Crippen molar-refractivity contribution in [3.63, 3.8) is 0 Å². The quantitative estimate of drug-likeness (QED) is 0.538. The van der Waals surface area contributed by atoms with Crippen molar-refractivity contribution in [2.75, 3.05) is 16.7 Å². The highest BCUT2D eigenvalue weighted by molar-refractivity contribution is 7.92. The van der Waals surface area contributed by atoms with Crippen LogP contribution >= 0.6 is 0 Å². The molecule has 3 aromatic carbocycles. The van der Waals surface area contributed by atoms with Gasteiger partial charge in [-0.2, -0.15) is 0 Å². The molecule has 0 aliphatic carbocycles. The van der Waals surface area contributed by atoms with E-state index < -0.39 is 10.0 Å². The summed E-state index contributed by atoms with van der Waals surface area (Å²) in [5.41, 5.74) is 6.71. The van der Waals surface area contributed by atoms with Crippen LogP contribution < -0.4 is 14.4 Å². The van der Waals surface area contributed by atoms with Crippen molar-refractivity contribution in [2.45, 2.75) is 46.4 Å². The molecule has 4 rings (SSSR count). The highest BCUT2D eigenvalue weighted by Crippen LogP contribution is 2.40. The lowest BCUT2D eigenvalue weighted by Crippen LogP contribution is -2.25. The highest BCUT2D eigenvalue weighted by atomic mass is 32.2. The van der Waals surface area contributed by atoms with Gasteiger partial charge in [0.05, 0.1) is 16.1 Å². The Bertz CT molecular complexity index is 1400. The van der Waals surface area contributed by atoms with E-state index in [2.05, 4.69) is 4.72 Å². The predicted molar refractivity (Wildman–Crippen MR) is 131 cm³/mol. The van der Waals surface area contributed by atoms with Crippen LogP contribution in [-0.4, -0.2) is 21.4 Å². The van der Waals surface area contributed by atoms with E-state index in [1.165, 1.54) is 11.0 Å². The second kappa shape index (κ2) is 7.92. The number of amides is 1. The molecule has 1 aliphatic rings. The van der Waals surface area contributed by atoms with Gasteiger partial charge in [-0.15, -0.1) is 0 Å². The molecule has 1 heterocycles. The number of carbonyl (C=O) groups is 1. The number of anilines is 2. The van der Waals surface area contributed by atoms with Crippen LogP contribution in [-0.2, 0) is 10.0 Å². The minimum absolute atomic E-state index is 0.273. The maximum Gasteiger partial charge on any atom is 0.262 e. The van der Waals surface area contributed by atoms with Crippen molar-refractivity contribution in [2.24, 2.45) is 0 Å². The second-order valence-corrected chi connectivity index (χ2v) is 10.3. The van der Waals surface area contributed by atoms with Crippen LogP contribution in [0.2, 0.25) is 0 Å². The van der Waals surface area contributed by atoms with Gasteiger partial charge >= 0.3 is 0 Å². The van der Waals surface area contributed by atoms with Gasteiger partial charge in [0.25, 0.3) is 15.9 Å². The normalized spacial score (nSPS) is 13.2. The first-order chi connectivity index (χ1) is 15.4. The first kappa shape index (κ1) is 22.9. The van der Waals surface area contributed by atoms with Gasteiger partial charge in [0.15, 0.2) is 5.75 Å². The number of hydrogen-bond acceptors (Lipinski definition) is 4. The maximum absolute atomic E-state index is 13.4. The fourth-order valence-corrected chi connectivity index (χ4v) is 5.96. The smallest absolute Gasteiger partial charge is 0.262 e. The van der Waals surface area contributed by atoms with Crippen LogP contribution in [0.1, 0.15) is 43.7 Å². The van der Waals surface area contributed by atoms with E-state index >= 15 is 0 Å². The fourth-order valence-electron chi connectivity index (χ4n) is 4.31. The van der Waals surface area contributed by atoms with Crippen LogP contribution in [0.25, 0.3) is 0 Å².